The standard InChI is InChI=1S/C13H21N3/c1-11-4-3-5-13(15-11)16-9-7-12(10-16)6-8-14-2/h3-5,12,14H,6-10H2,1-2H3. The normalized spacial score (nSPS) is 20.4. The van der Waals surface area contributed by atoms with Gasteiger partial charge in [0.1, 0.15) is 5.82 Å². The Bertz CT molecular complexity index is 338. The van der Waals surface area contributed by atoms with Crippen LogP contribution in [0, 0.1) is 12.8 Å². The predicted octanol–water partition coefficient (Wildman–Crippen LogP) is 1.83. The molecule has 2 heterocycles. The van der Waals surface area contributed by atoms with Gasteiger partial charge in [0.2, 0.25) is 0 Å². The molecular formula is C13H21N3. The number of nitrogens with one attached hydrogen (secondary N) is 1. The van der Waals surface area contributed by atoms with E-state index in [0.29, 0.717) is 0 Å². The maximum atomic E-state index is 4.58. The second-order valence-corrected chi connectivity index (χ2v) is 4.63. The number of pyridine rings is 1. The van der Waals surface area contributed by atoms with E-state index < -0.39 is 0 Å². The van der Waals surface area contributed by atoms with Gasteiger partial charge < -0.3 is 10.2 Å². The Hall–Kier alpha value is -1.09. The molecule has 0 spiro atoms. The van der Waals surface area contributed by atoms with Crippen LogP contribution < -0.4 is 10.2 Å². The van der Waals surface area contributed by atoms with Crippen molar-refractivity contribution in [2.24, 2.45) is 5.92 Å². The Morgan fingerprint density at radius 3 is 3.12 bits per heavy atom. The van der Waals surface area contributed by atoms with E-state index in [-0.39, 0.29) is 0 Å². The summed E-state index contributed by atoms with van der Waals surface area (Å²) in [5, 5.41) is 3.22. The van der Waals surface area contributed by atoms with Crippen molar-refractivity contribution in [2.75, 3.05) is 31.6 Å². The topological polar surface area (TPSA) is 28.2 Å². The third-order valence-corrected chi connectivity index (χ3v) is 3.29. The summed E-state index contributed by atoms with van der Waals surface area (Å²) in [7, 11) is 2.02. The van der Waals surface area contributed by atoms with E-state index in [2.05, 4.69) is 40.3 Å². The summed E-state index contributed by atoms with van der Waals surface area (Å²) in [4.78, 5) is 6.99. The first-order chi connectivity index (χ1) is 7.79. The van der Waals surface area contributed by atoms with Crippen LogP contribution in [-0.4, -0.2) is 31.7 Å². The van der Waals surface area contributed by atoms with Crippen LogP contribution in [0.25, 0.3) is 0 Å². The number of nitrogens with zero attached hydrogens (tertiary/aromatic N) is 2. The molecule has 1 N–H and O–H groups in total. The van der Waals surface area contributed by atoms with E-state index in [9.17, 15) is 0 Å². The van der Waals surface area contributed by atoms with Crippen LogP contribution in [-0.2, 0) is 0 Å². The minimum absolute atomic E-state index is 0.828. The summed E-state index contributed by atoms with van der Waals surface area (Å²) in [6, 6.07) is 6.27. The molecule has 1 atom stereocenters. The van der Waals surface area contributed by atoms with Gasteiger partial charge in [0.15, 0.2) is 0 Å². The number of hydrogen-bond acceptors (Lipinski definition) is 3. The van der Waals surface area contributed by atoms with Crippen molar-refractivity contribution < 1.29 is 0 Å². The number of aryl methyl sites for hydroxylation is 1. The molecule has 16 heavy (non-hydrogen) atoms. The average Bonchev–Trinajstić information content (AvgIpc) is 2.75. The average molecular weight is 219 g/mol. The Balaban J connectivity index is 1.93. The smallest absolute Gasteiger partial charge is 0.128 e. The van der Waals surface area contributed by atoms with E-state index in [0.717, 1.165) is 37.1 Å². The summed E-state index contributed by atoms with van der Waals surface area (Å²) in [6.07, 6.45) is 2.58. The van der Waals surface area contributed by atoms with Crippen LogP contribution in [0.5, 0.6) is 0 Å². The summed E-state index contributed by atoms with van der Waals surface area (Å²) >= 11 is 0. The van der Waals surface area contributed by atoms with Gasteiger partial charge in [-0.05, 0) is 51.4 Å². The number of anilines is 1. The second-order valence-electron chi connectivity index (χ2n) is 4.63. The molecule has 1 fully saturated rings. The number of hydrogen-bond donors (Lipinski definition) is 1. The minimum atomic E-state index is 0.828. The van der Waals surface area contributed by atoms with Gasteiger partial charge >= 0.3 is 0 Å². The molecule has 1 aromatic rings. The van der Waals surface area contributed by atoms with Gasteiger partial charge in [0.25, 0.3) is 0 Å². The molecule has 0 aromatic carbocycles. The fourth-order valence-corrected chi connectivity index (χ4v) is 2.33. The van der Waals surface area contributed by atoms with Crippen molar-refractivity contribution in [1.82, 2.24) is 10.3 Å². The summed E-state index contributed by atoms with van der Waals surface area (Å²) in [5.41, 5.74) is 1.11. The van der Waals surface area contributed by atoms with Crippen LogP contribution in [0.1, 0.15) is 18.5 Å². The number of aromatic nitrogens is 1. The molecule has 3 nitrogen and oxygen atoms in total. The Labute approximate surface area is 97.9 Å². The zero-order valence-corrected chi connectivity index (χ0v) is 10.2. The monoisotopic (exact) mass is 219 g/mol. The lowest BCUT2D eigenvalue weighted by Crippen LogP contribution is -2.22. The molecule has 1 aliphatic rings. The zero-order valence-electron chi connectivity index (χ0n) is 10.2. The molecule has 0 saturated carbocycles. The van der Waals surface area contributed by atoms with Crippen LogP contribution >= 0.6 is 0 Å². The first-order valence-electron chi connectivity index (χ1n) is 6.13. The fraction of sp³-hybridized carbons (Fsp3) is 0.615. The van der Waals surface area contributed by atoms with Gasteiger partial charge in [-0.3, -0.25) is 0 Å². The van der Waals surface area contributed by atoms with Crippen LogP contribution in [0.2, 0.25) is 0 Å². The summed E-state index contributed by atoms with van der Waals surface area (Å²) in [5.74, 6) is 1.97. The van der Waals surface area contributed by atoms with Crippen LogP contribution in [0.4, 0.5) is 5.82 Å². The van der Waals surface area contributed by atoms with Crippen molar-refractivity contribution in [3.63, 3.8) is 0 Å². The van der Waals surface area contributed by atoms with Crippen molar-refractivity contribution in [2.45, 2.75) is 19.8 Å². The largest absolute Gasteiger partial charge is 0.356 e. The van der Waals surface area contributed by atoms with Crippen molar-refractivity contribution >= 4 is 5.82 Å². The predicted molar refractivity (Wildman–Crippen MR) is 67.8 cm³/mol. The molecule has 1 aromatic heterocycles. The molecule has 1 unspecified atom stereocenters. The Morgan fingerprint density at radius 1 is 1.50 bits per heavy atom. The molecule has 3 heteroatoms. The summed E-state index contributed by atoms with van der Waals surface area (Å²) in [6.45, 7) is 5.50. The van der Waals surface area contributed by atoms with E-state index in [1.807, 2.05) is 7.05 Å². The third kappa shape index (κ3) is 2.73. The second kappa shape index (κ2) is 5.30. The molecule has 0 aliphatic carbocycles. The van der Waals surface area contributed by atoms with Gasteiger partial charge in [-0.1, -0.05) is 6.07 Å². The van der Waals surface area contributed by atoms with Gasteiger partial charge in [-0.25, -0.2) is 4.98 Å². The van der Waals surface area contributed by atoms with Crippen LogP contribution in [0.15, 0.2) is 18.2 Å². The maximum Gasteiger partial charge on any atom is 0.128 e. The fourth-order valence-electron chi connectivity index (χ4n) is 2.33. The molecule has 0 bridgehead atoms. The van der Waals surface area contributed by atoms with Crippen LogP contribution in [0.3, 0.4) is 0 Å². The highest BCUT2D eigenvalue weighted by Gasteiger charge is 2.22. The van der Waals surface area contributed by atoms with E-state index in [1.165, 1.54) is 12.8 Å². The molecular weight excluding hydrogens is 198 g/mol. The van der Waals surface area contributed by atoms with Gasteiger partial charge in [-0.2, -0.15) is 0 Å². The maximum absolute atomic E-state index is 4.58. The van der Waals surface area contributed by atoms with Gasteiger partial charge in [0, 0.05) is 18.8 Å². The molecule has 2 rings (SSSR count). The van der Waals surface area contributed by atoms with Crippen molar-refractivity contribution in [3.05, 3.63) is 23.9 Å². The summed E-state index contributed by atoms with van der Waals surface area (Å²) < 4.78 is 0. The zero-order chi connectivity index (χ0) is 11.4. The van der Waals surface area contributed by atoms with E-state index in [4.69, 9.17) is 0 Å². The van der Waals surface area contributed by atoms with E-state index >= 15 is 0 Å². The third-order valence-electron chi connectivity index (χ3n) is 3.29. The number of rotatable bonds is 4. The van der Waals surface area contributed by atoms with Crippen molar-refractivity contribution in [1.29, 1.82) is 0 Å². The lowest BCUT2D eigenvalue weighted by atomic mass is 10.1. The highest BCUT2D eigenvalue weighted by atomic mass is 15.2. The molecule has 0 radical (unpaired) electrons. The van der Waals surface area contributed by atoms with Gasteiger partial charge in [-0.15, -0.1) is 0 Å². The molecule has 88 valence electrons. The first kappa shape index (κ1) is 11.4. The van der Waals surface area contributed by atoms with E-state index in [1.54, 1.807) is 0 Å². The SMILES string of the molecule is CNCCC1CCN(c2cccc(C)n2)C1. The molecule has 1 aliphatic heterocycles. The molecule has 1 saturated heterocycles. The highest BCUT2D eigenvalue weighted by Crippen LogP contribution is 2.23. The minimum Gasteiger partial charge on any atom is -0.356 e. The Morgan fingerprint density at radius 2 is 2.38 bits per heavy atom. The molecule has 0 amide bonds. The lowest BCUT2D eigenvalue weighted by Gasteiger charge is -2.17. The van der Waals surface area contributed by atoms with Gasteiger partial charge in [0.05, 0.1) is 0 Å². The van der Waals surface area contributed by atoms with Crippen molar-refractivity contribution in [3.8, 4) is 0 Å². The quantitative estimate of drug-likeness (QED) is 0.837. The first-order valence-corrected chi connectivity index (χ1v) is 6.13. The lowest BCUT2D eigenvalue weighted by molar-refractivity contribution is 0.521. The Kier molecular flexibility index (Phi) is 3.78. The highest BCUT2D eigenvalue weighted by molar-refractivity contribution is 5.40.